The van der Waals surface area contributed by atoms with Crippen LogP contribution in [0.15, 0.2) is 82.6 Å². The minimum atomic E-state index is -4.24. The van der Waals surface area contributed by atoms with Gasteiger partial charge in [-0.05, 0) is 48.0 Å². The Hall–Kier alpha value is -2.92. The number of carbonyl (C=O) groups is 1. The molecule has 1 heterocycles. The molecule has 0 fully saturated rings. The summed E-state index contributed by atoms with van der Waals surface area (Å²) in [6.07, 6.45) is 0. The second-order valence-electron chi connectivity index (χ2n) is 6.78. The van der Waals surface area contributed by atoms with Gasteiger partial charge in [0.25, 0.3) is 15.9 Å². The van der Waals surface area contributed by atoms with E-state index in [-0.39, 0.29) is 21.2 Å². The molecule has 1 unspecified atom stereocenters. The fourth-order valence-electron chi connectivity index (χ4n) is 3.34. The average Bonchev–Trinajstić information content (AvgIpc) is 2.72. The molecule has 160 valence electrons. The van der Waals surface area contributed by atoms with Gasteiger partial charge >= 0.3 is 0 Å². The first-order valence-electron chi connectivity index (χ1n) is 8.92. The number of nitrogens with one attached hydrogen (secondary N) is 1. The first-order valence-corrected chi connectivity index (χ1v) is 12.3. The van der Waals surface area contributed by atoms with Crippen LogP contribution in [0.3, 0.4) is 0 Å². The summed E-state index contributed by atoms with van der Waals surface area (Å²) >= 11 is 5.90. The van der Waals surface area contributed by atoms with E-state index in [9.17, 15) is 21.6 Å². The molecule has 0 radical (unpaired) electrons. The summed E-state index contributed by atoms with van der Waals surface area (Å²) in [7, 11) is -8.30. The zero-order valence-electron chi connectivity index (χ0n) is 15.8. The first-order chi connectivity index (χ1) is 14.6. The van der Waals surface area contributed by atoms with Crippen molar-refractivity contribution in [1.82, 2.24) is 0 Å². The second-order valence-corrected chi connectivity index (χ2v) is 10.6. The van der Waals surface area contributed by atoms with E-state index in [1.165, 1.54) is 36.4 Å². The van der Waals surface area contributed by atoms with E-state index in [2.05, 4.69) is 5.32 Å². The summed E-state index contributed by atoms with van der Waals surface area (Å²) in [5.41, 5.74) is 0.566. The third-order valence-corrected chi connectivity index (χ3v) is 7.72. The Labute approximate surface area is 184 Å². The van der Waals surface area contributed by atoms with E-state index in [0.717, 1.165) is 10.4 Å². The number of sulfonamides is 2. The van der Waals surface area contributed by atoms with E-state index in [1.807, 2.05) is 0 Å². The number of nitrogens with two attached hydrogens (primary N) is 1. The molecule has 0 aromatic heterocycles. The number of anilines is 2. The molecule has 11 heteroatoms. The van der Waals surface area contributed by atoms with Gasteiger partial charge in [0.15, 0.2) is 0 Å². The Morgan fingerprint density at radius 1 is 0.871 bits per heavy atom. The molecule has 0 bridgehead atoms. The smallest absolute Gasteiger partial charge is 0.265 e. The lowest BCUT2D eigenvalue weighted by Gasteiger charge is -2.37. The Bertz CT molecular complexity index is 1380. The number of hydrogen-bond donors (Lipinski definition) is 2. The van der Waals surface area contributed by atoms with Crippen LogP contribution in [0.5, 0.6) is 0 Å². The second kappa shape index (κ2) is 7.65. The third-order valence-electron chi connectivity index (χ3n) is 4.76. The lowest BCUT2D eigenvalue weighted by molar-refractivity contribution is -0.117. The molecule has 0 saturated carbocycles. The predicted molar refractivity (Wildman–Crippen MR) is 117 cm³/mol. The van der Waals surface area contributed by atoms with E-state index < -0.39 is 32.0 Å². The van der Waals surface area contributed by atoms with E-state index >= 15 is 0 Å². The molecule has 1 aliphatic rings. The monoisotopic (exact) mass is 477 g/mol. The Morgan fingerprint density at radius 3 is 2.10 bits per heavy atom. The van der Waals surface area contributed by atoms with Crippen molar-refractivity contribution in [3.63, 3.8) is 0 Å². The molecule has 31 heavy (non-hydrogen) atoms. The van der Waals surface area contributed by atoms with Crippen molar-refractivity contribution >= 4 is 48.9 Å². The number of rotatable bonds is 4. The lowest BCUT2D eigenvalue weighted by atomic mass is 10.0. The molecule has 3 aromatic rings. The summed E-state index contributed by atoms with van der Waals surface area (Å²) in [4.78, 5) is 12.7. The van der Waals surface area contributed by atoms with E-state index in [0.29, 0.717) is 10.6 Å². The maximum atomic E-state index is 13.6. The first kappa shape index (κ1) is 21.3. The highest BCUT2D eigenvalue weighted by Crippen LogP contribution is 2.43. The van der Waals surface area contributed by atoms with Gasteiger partial charge in [0.1, 0.15) is 6.04 Å². The van der Waals surface area contributed by atoms with Gasteiger partial charge in [-0.25, -0.2) is 26.3 Å². The van der Waals surface area contributed by atoms with Gasteiger partial charge < -0.3 is 5.32 Å². The van der Waals surface area contributed by atoms with Gasteiger partial charge in [-0.1, -0.05) is 41.9 Å². The SMILES string of the molecule is NS(=O)(=O)c1ccc2c(c1)NC(=O)C(c1ccccc1)N2S(=O)(=O)c1ccc(Cl)cc1. The maximum absolute atomic E-state index is 13.6. The number of nitrogens with zero attached hydrogens (tertiary/aromatic N) is 1. The normalized spacial score (nSPS) is 16.5. The van der Waals surface area contributed by atoms with Crippen LogP contribution in [0, 0.1) is 0 Å². The summed E-state index contributed by atoms with van der Waals surface area (Å²) in [5, 5.41) is 8.14. The van der Waals surface area contributed by atoms with Gasteiger partial charge in [-0.15, -0.1) is 0 Å². The van der Waals surface area contributed by atoms with Crippen LogP contribution < -0.4 is 14.8 Å². The summed E-state index contributed by atoms with van der Waals surface area (Å²) in [5.74, 6) is -0.636. The minimum Gasteiger partial charge on any atom is -0.322 e. The molecule has 0 aliphatic carbocycles. The largest absolute Gasteiger partial charge is 0.322 e. The molecule has 1 amide bonds. The van der Waals surface area contributed by atoms with Crippen LogP contribution in [-0.4, -0.2) is 22.7 Å². The van der Waals surface area contributed by atoms with Crippen molar-refractivity contribution < 1.29 is 21.6 Å². The molecular formula is C20H16ClN3O5S2. The van der Waals surface area contributed by atoms with Crippen molar-refractivity contribution in [1.29, 1.82) is 0 Å². The van der Waals surface area contributed by atoms with E-state index in [1.54, 1.807) is 30.3 Å². The number of fused-ring (bicyclic) bond motifs is 1. The molecule has 3 N–H and O–H groups in total. The molecule has 1 aliphatic heterocycles. The summed E-state index contributed by atoms with van der Waals surface area (Å²) in [6.45, 7) is 0. The van der Waals surface area contributed by atoms with Crippen molar-refractivity contribution in [2.75, 3.05) is 9.62 Å². The van der Waals surface area contributed by atoms with Crippen LogP contribution >= 0.6 is 11.6 Å². The topological polar surface area (TPSA) is 127 Å². The third kappa shape index (κ3) is 3.90. The van der Waals surface area contributed by atoms with Crippen LogP contribution in [0.1, 0.15) is 11.6 Å². The molecule has 1 atom stereocenters. The van der Waals surface area contributed by atoms with Gasteiger partial charge in [0, 0.05) is 5.02 Å². The molecule has 8 nitrogen and oxygen atoms in total. The van der Waals surface area contributed by atoms with Crippen LogP contribution in [0.2, 0.25) is 5.02 Å². The van der Waals surface area contributed by atoms with Gasteiger partial charge in [0.05, 0.1) is 21.2 Å². The minimum absolute atomic E-state index is 0.0150. The zero-order valence-corrected chi connectivity index (χ0v) is 18.2. The molecule has 0 saturated heterocycles. The molecule has 0 spiro atoms. The molecule has 3 aromatic carbocycles. The lowest BCUT2D eigenvalue weighted by Crippen LogP contribution is -2.45. The van der Waals surface area contributed by atoms with E-state index in [4.69, 9.17) is 16.7 Å². The Kier molecular flexibility index (Phi) is 5.26. The molecular weight excluding hydrogens is 462 g/mol. The maximum Gasteiger partial charge on any atom is 0.265 e. The standard InChI is InChI=1S/C20H16ClN3O5S2/c21-14-6-8-15(9-7-14)31(28,29)24-18-11-10-16(30(22,26)27)12-17(18)23-20(25)19(24)13-4-2-1-3-5-13/h1-12,19H,(H,23,25)(H2,22,26,27). The highest BCUT2D eigenvalue weighted by Gasteiger charge is 2.42. The zero-order chi connectivity index (χ0) is 22.4. The summed E-state index contributed by atoms with van der Waals surface area (Å²) in [6, 6.07) is 16.4. The number of amides is 1. The Balaban J connectivity index is 1.97. The number of primary sulfonamides is 1. The van der Waals surface area contributed by atoms with Gasteiger partial charge in [-0.2, -0.15) is 0 Å². The van der Waals surface area contributed by atoms with Crippen molar-refractivity contribution in [2.24, 2.45) is 5.14 Å². The van der Waals surface area contributed by atoms with Crippen molar-refractivity contribution in [3.05, 3.63) is 83.4 Å². The number of halogens is 1. The average molecular weight is 478 g/mol. The highest BCUT2D eigenvalue weighted by atomic mass is 35.5. The Morgan fingerprint density at radius 2 is 1.48 bits per heavy atom. The summed E-state index contributed by atoms with van der Waals surface area (Å²) < 4.78 is 51.7. The fraction of sp³-hybridized carbons (Fsp3) is 0.0500. The molecule has 4 rings (SSSR count). The van der Waals surface area contributed by atoms with Gasteiger partial charge in [0.2, 0.25) is 10.0 Å². The van der Waals surface area contributed by atoms with Gasteiger partial charge in [-0.3, -0.25) is 4.79 Å². The van der Waals surface area contributed by atoms with Crippen LogP contribution in [-0.2, 0) is 24.8 Å². The van der Waals surface area contributed by atoms with Crippen molar-refractivity contribution in [2.45, 2.75) is 15.8 Å². The predicted octanol–water partition coefficient (Wildman–Crippen LogP) is 2.88. The highest BCUT2D eigenvalue weighted by molar-refractivity contribution is 7.93. The quantitative estimate of drug-likeness (QED) is 0.597. The van der Waals surface area contributed by atoms with Crippen LogP contribution in [0.25, 0.3) is 0 Å². The number of carbonyl (C=O) groups excluding carboxylic acids is 1. The number of hydrogen-bond acceptors (Lipinski definition) is 5. The fourth-order valence-corrected chi connectivity index (χ4v) is 5.63. The number of benzene rings is 3. The van der Waals surface area contributed by atoms with Crippen molar-refractivity contribution in [3.8, 4) is 0 Å². The van der Waals surface area contributed by atoms with Crippen LogP contribution in [0.4, 0.5) is 11.4 Å².